The number of pyridine rings is 1. The van der Waals surface area contributed by atoms with Crippen molar-refractivity contribution < 1.29 is 23.4 Å². The smallest absolute Gasteiger partial charge is 0.259 e. The van der Waals surface area contributed by atoms with Crippen LogP contribution in [-0.2, 0) is 13.0 Å². The number of nitrogens with one attached hydrogen (secondary N) is 2. The van der Waals surface area contributed by atoms with E-state index in [0.29, 0.717) is 34.6 Å². The van der Waals surface area contributed by atoms with Gasteiger partial charge in [0.1, 0.15) is 23.3 Å². The maximum Gasteiger partial charge on any atom is 0.259 e. The van der Waals surface area contributed by atoms with E-state index in [1.54, 1.807) is 12.1 Å². The Morgan fingerprint density at radius 1 is 1.17 bits per heavy atom. The first kappa shape index (κ1) is 28.3. The van der Waals surface area contributed by atoms with Crippen molar-refractivity contribution in [2.75, 3.05) is 26.7 Å². The number of hydrogen-bond acceptors (Lipinski definition) is 6. The number of benzene rings is 2. The summed E-state index contributed by atoms with van der Waals surface area (Å²) in [5.41, 5.74) is 3.46. The number of amides is 1. The highest BCUT2D eigenvalue weighted by atomic mass is 35.5. The van der Waals surface area contributed by atoms with Gasteiger partial charge in [-0.15, -0.1) is 0 Å². The van der Waals surface area contributed by atoms with Crippen LogP contribution in [0.5, 0.6) is 5.75 Å². The van der Waals surface area contributed by atoms with E-state index in [1.165, 1.54) is 6.20 Å². The minimum absolute atomic E-state index is 0.0138. The van der Waals surface area contributed by atoms with Crippen LogP contribution >= 0.6 is 11.6 Å². The van der Waals surface area contributed by atoms with Gasteiger partial charge in [-0.25, -0.2) is 13.8 Å². The van der Waals surface area contributed by atoms with Gasteiger partial charge in [0.05, 0.1) is 22.7 Å². The van der Waals surface area contributed by atoms with Crippen LogP contribution in [0.1, 0.15) is 40.7 Å². The largest absolute Gasteiger partial charge is 0.486 e. The molecule has 6 rings (SSSR count). The molecule has 1 fully saturated rings. The Kier molecular flexibility index (Phi) is 7.73. The Morgan fingerprint density at radius 3 is 2.71 bits per heavy atom. The Balaban J connectivity index is 1.18. The lowest BCUT2D eigenvalue weighted by atomic mass is 10.0. The van der Waals surface area contributed by atoms with E-state index in [0.717, 1.165) is 49.1 Å². The van der Waals surface area contributed by atoms with Crippen molar-refractivity contribution in [1.29, 1.82) is 0 Å². The van der Waals surface area contributed by atoms with E-state index in [1.807, 2.05) is 11.0 Å². The molecule has 0 bridgehead atoms. The molecule has 1 saturated heterocycles. The van der Waals surface area contributed by atoms with E-state index in [4.69, 9.17) is 16.3 Å². The Labute approximate surface area is 245 Å². The maximum atomic E-state index is 14.0. The molecule has 1 atom stereocenters. The number of fused-ring (bicyclic) bond motifs is 2. The molecule has 0 spiro atoms. The molecular weight excluding hydrogens is 568 g/mol. The van der Waals surface area contributed by atoms with Gasteiger partial charge in [-0.3, -0.25) is 9.59 Å². The van der Waals surface area contributed by atoms with Gasteiger partial charge in [0.15, 0.2) is 11.6 Å². The predicted octanol–water partition coefficient (Wildman–Crippen LogP) is 4.27. The minimum Gasteiger partial charge on any atom is -0.486 e. The molecule has 4 heterocycles. The molecule has 2 aromatic carbocycles. The molecule has 220 valence electrons. The first-order chi connectivity index (χ1) is 20.2. The third kappa shape index (κ3) is 5.39. The topological polar surface area (TPSA) is 115 Å². The zero-order chi connectivity index (χ0) is 29.5. The summed E-state index contributed by atoms with van der Waals surface area (Å²) >= 11 is 5.79. The van der Waals surface area contributed by atoms with Crippen LogP contribution in [0, 0.1) is 11.6 Å². The lowest BCUT2D eigenvalue weighted by Crippen LogP contribution is -2.43. The standard InChI is InChI=1S/C30H30ClF2N5O4/c1-37-10-7-18(8-11-37)38-14-17-12-23-24(13-20(17)30(38)41)36-28(35-23)25-16(6-9-34-29(25)40)2-3-19(39)15-42-27-22(33)5-4-21(32)26(27)31/h4-6,9,12-13,18-19,39H,2-3,7-8,10-11,14-15H2,1H3,(H,34,40)(H,35,36)/t19-/m1/s1. The number of aryl methyl sites for hydroxylation is 1. The van der Waals surface area contributed by atoms with Crippen molar-refractivity contribution in [3.63, 3.8) is 0 Å². The second-order valence-electron chi connectivity index (χ2n) is 11.0. The van der Waals surface area contributed by atoms with Crippen molar-refractivity contribution in [2.24, 2.45) is 0 Å². The summed E-state index contributed by atoms with van der Waals surface area (Å²) in [6.45, 7) is 2.16. The normalized spacial score (nSPS) is 16.8. The average molecular weight is 598 g/mol. The highest BCUT2D eigenvalue weighted by Crippen LogP contribution is 2.33. The number of aromatic nitrogens is 3. The Hall–Kier alpha value is -3.80. The first-order valence-corrected chi connectivity index (χ1v) is 14.2. The molecule has 0 aliphatic carbocycles. The first-order valence-electron chi connectivity index (χ1n) is 13.9. The molecule has 0 unspecified atom stereocenters. The fourth-order valence-electron chi connectivity index (χ4n) is 5.77. The molecule has 3 N–H and O–H groups in total. The van der Waals surface area contributed by atoms with Gasteiger partial charge in [-0.2, -0.15) is 0 Å². The molecular formula is C30H30ClF2N5O4. The molecule has 12 heteroatoms. The number of piperidine rings is 1. The zero-order valence-electron chi connectivity index (χ0n) is 22.9. The van der Waals surface area contributed by atoms with Crippen molar-refractivity contribution in [3.05, 3.63) is 80.2 Å². The van der Waals surface area contributed by atoms with Gasteiger partial charge in [0.2, 0.25) is 0 Å². The number of aliphatic hydroxyl groups excluding tert-OH is 1. The number of carbonyl (C=O) groups excluding carboxylic acids is 1. The Bertz CT molecular complexity index is 1720. The predicted molar refractivity (Wildman–Crippen MR) is 154 cm³/mol. The fourth-order valence-corrected chi connectivity index (χ4v) is 5.98. The van der Waals surface area contributed by atoms with Gasteiger partial charge < -0.3 is 29.6 Å². The van der Waals surface area contributed by atoms with Crippen molar-refractivity contribution in [1.82, 2.24) is 24.8 Å². The van der Waals surface area contributed by atoms with E-state index < -0.39 is 28.5 Å². The SMILES string of the molecule is CN1CCC(N2Cc3cc4[nH]c(-c5c(CC[C@@H](O)COc6c(F)ccc(F)c6Cl)cc[nH]c5=O)nc4cc3C2=O)CC1. The van der Waals surface area contributed by atoms with Crippen molar-refractivity contribution >= 4 is 28.5 Å². The molecule has 0 radical (unpaired) electrons. The van der Waals surface area contributed by atoms with Gasteiger partial charge in [-0.1, -0.05) is 11.6 Å². The number of imidazole rings is 1. The quantitative estimate of drug-likeness (QED) is 0.261. The Morgan fingerprint density at radius 2 is 1.93 bits per heavy atom. The van der Waals surface area contributed by atoms with Crippen LogP contribution in [0.25, 0.3) is 22.4 Å². The summed E-state index contributed by atoms with van der Waals surface area (Å²) < 4.78 is 32.9. The van der Waals surface area contributed by atoms with E-state index in [2.05, 4.69) is 26.9 Å². The minimum atomic E-state index is -1.05. The average Bonchev–Trinajstić information content (AvgIpc) is 3.53. The molecule has 2 aliphatic heterocycles. The number of halogens is 3. The summed E-state index contributed by atoms with van der Waals surface area (Å²) in [7, 11) is 2.09. The van der Waals surface area contributed by atoms with Gasteiger partial charge in [0, 0.05) is 24.3 Å². The molecule has 2 aliphatic rings. The number of H-pyrrole nitrogens is 2. The van der Waals surface area contributed by atoms with E-state index in [9.17, 15) is 23.5 Å². The van der Waals surface area contributed by atoms with Crippen LogP contribution in [0.3, 0.4) is 0 Å². The number of likely N-dealkylation sites (tertiary alicyclic amines) is 1. The van der Waals surface area contributed by atoms with Crippen LogP contribution in [0.15, 0.2) is 41.3 Å². The third-order valence-corrected chi connectivity index (χ3v) is 8.47. The second kappa shape index (κ2) is 11.5. The number of aromatic amines is 2. The van der Waals surface area contributed by atoms with Crippen LogP contribution < -0.4 is 10.3 Å². The molecule has 42 heavy (non-hydrogen) atoms. The van der Waals surface area contributed by atoms with Crippen molar-refractivity contribution in [3.8, 4) is 17.1 Å². The second-order valence-corrected chi connectivity index (χ2v) is 11.3. The van der Waals surface area contributed by atoms with Crippen LogP contribution in [0.2, 0.25) is 5.02 Å². The number of ether oxygens (including phenoxy) is 1. The summed E-state index contributed by atoms with van der Waals surface area (Å²) in [4.78, 5) is 41.0. The van der Waals surface area contributed by atoms with Gasteiger partial charge in [0.25, 0.3) is 11.5 Å². The monoisotopic (exact) mass is 597 g/mol. The fraction of sp³-hybridized carbons (Fsp3) is 0.367. The maximum absolute atomic E-state index is 14.0. The van der Waals surface area contributed by atoms with Gasteiger partial charge >= 0.3 is 0 Å². The van der Waals surface area contributed by atoms with Crippen LogP contribution in [0.4, 0.5) is 8.78 Å². The van der Waals surface area contributed by atoms with Crippen LogP contribution in [-0.4, -0.2) is 74.7 Å². The molecule has 4 aromatic rings. The third-order valence-electron chi connectivity index (χ3n) is 8.12. The summed E-state index contributed by atoms with van der Waals surface area (Å²) in [6.07, 6.45) is 2.81. The van der Waals surface area contributed by atoms with Crippen molar-refractivity contribution in [2.45, 2.75) is 44.4 Å². The zero-order valence-corrected chi connectivity index (χ0v) is 23.7. The summed E-state index contributed by atoms with van der Waals surface area (Å²) in [5, 5.41) is 9.99. The van der Waals surface area contributed by atoms with E-state index in [-0.39, 0.29) is 37.0 Å². The highest BCUT2D eigenvalue weighted by Gasteiger charge is 2.34. The lowest BCUT2D eigenvalue weighted by Gasteiger charge is -2.34. The highest BCUT2D eigenvalue weighted by molar-refractivity contribution is 6.32. The number of aliphatic hydroxyl groups is 1. The number of carbonyl (C=O) groups is 1. The molecule has 0 saturated carbocycles. The summed E-state index contributed by atoms with van der Waals surface area (Å²) in [6, 6.07) is 7.46. The molecule has 9 nitrogen and oxygen atoms in total. The molecule has 1 amide bonds. The number of nitrogens with zero attached hydrogens (tertiary/aromatic N) is 3. The lowest BCUT2D eigenvalue weighted by molar-refractivity contribution is 0.0617. The number of rotatable bonds is 8. The summed E-state index contributed by atoms with van der Waals surface area (Å²) in [5.74, 6) is -1.76. The molecule has 2 aromatic heterocycles. The van der Waals surface area contributed by atoms with E-state index >= 15 is 0 Å². The number of hydrogen-bond donors (Lipinski definition) is 3. The van der Waals surface area contributed by atoms with Gasteiger partial charge in [-0.05, 0) is 87.3 Å².